The molecule has 1 amide bonds. The standard InChI is InChI=1S/C29H40N4O7/c1-28(2,3)39-26(34)32(20-21-12-8-7-9-13-21)25-23(33(36)37)15-16-24(30-25)31-18-11-10-14-22(31)17-19-38-27(35)40-29(4,5)6/h7-9,12-13,15-16,22H,10-11,14,17-20H2,1-6H3. The average Bonchev–Trinajstić information content (AvgIpc) is 2.85. The molecule has 0 spiro atoms. The van der Waals surface area contributed by atoms with Gasteiger partial charge < -0.3 is 19.1 Å². The van der Waals surface area contributed by atoms with E-state index >= 15 is 0 Å². The first kappa shape index (κ1) is 30.6. The number of ether oxygens (including phenoxy) is 3. The zero-order valence-electron chi connectivity index (χ0n) is 24.2. The van der Waals surface area contributed by atoms with E-state index in [0.717, 1.165) is 24.8 Å². The maximum Gasteiger partial charge on any atom is 0.508 e. The number of hydrogen-bond donors (Lipinski definition) is 0. The van der Waals surface area contributed by atoms with Gasteiger partial charge in [0.25, 0.3) is 0 Å². The summed E-state index contributed by atoms with van der Waals surface area (Å²) in [5.74, 6) is 0.416. The Bertz CT molecular complexity index is 1180. The van der Waals surface area contributed by atoms with Gasteiger partial charge in [0.2, 0.25) is 5.82 Å². The van der Waals surface area contributed by atoms with E-state index in [0.29, 0.717) is 18.8 Å². The zero-order chi connectivity index (χ0) is 29.5. The van der Waals surface area contributed by atoms with Gasteiger partial charge in [0.1, 0.15) is 17.0 Å². The Morgan fingerprint density at radius 3 is 2.33 bits per heavy atom. The van der Waals surface area contributed by atoms with E-state index in [-0.39, 0.29) is 30.7 Å². The zero-order valence-corrected chi connectivity index (χ0v) is 24.2. The average molecular weight is 557 g/mol. The first-order valence-electron chi connectivity index (χ1n) is 13.6. The normalized spacial score (nSPS) is 15.8. The van der Waals surface area contributed by atoms with Crippen LogP contribution in [0.3, 0.4) is 0 Å². The molecule has 1 aliphatic rings. The van der Waals surface area contributed by atoms with Crippen LogP contribution in [0.15, 0.2) is 42.5 Å². The van der Waals surface area contributed by atoms with Crippen LogP contribution >= 0.6 is 0 Å². The first-order valence-corrected chi connectivity index (χ1v) is 13.6. The fourth-order valence-electron chi connectivity index (χ4n) is 4.40. The van der Waals surface area contributed by atoms with Crippen molar-refractivity contribution >= 4 is 29.6 Å². The van der Waals surface area contributed by atoms with Gasteiger partial charge in [-0.15, -0.1) is 0 Å². The molecule has 1 aromatic heterocycles. The van der Waals surface area contributed by atoms with Crippen molar-refractivity contribution < 1.29 is 28.7 Å². The number of hydrogen-bond acceptors (Lipinski definition) is 9. The highest BCUT2D eigenvalue weighted by Gasteiger charge is 2.33. The van der Waals surface area contributed by atoms with Gasteiger partial charge in [-0.05, 0) is 72.4 Å². The lowest BCUT2D eigenvalue weighted by molar-refractivity contribution is -0.384. The Morgan fingerprint density at radius 2 is 1.70 bits per heavy atom. The summed E-state index contributed by atoms with van der Waals surface area (Å²) < 4.78 is 16.1. The van der Waals surface area contributed by atoms with Crippen LogP contribution in [-0.2, 0) is 20.8 Å². The number of carbonyl (C=O) groups excluding carboxylic acids is 2. The summed E-state index contributed by atoms with van der Waals surface area (Å²) in [6.07, 6.45) is 1.82. The van der Waals surface area contributed by atoms with Crippen molar-refractivity contribution in [1.29, 1.82) is 0 Å². The molecule has 0 radical (unpaired) electrons. The summed E-state index contributed by atoms with van der Waals surface area (Å²) in [5, 5.41) is 12.1. The molecular weight excluding hydrogens is 516 g/mol. The van der Waals surface area contributed by atoms with Crippen molar-refractivity contribution in [2.75, 3.05) is 23.0 Å². The Kier molecular flexibility index (Phi) is 9.94. The molecule has 0 saturated carbocycles. The molecule has 1 saturated heterocycles. The summed E-state index contributed by atoms with van der Waals surface area (Å²) in [5.41, 5.74) is -0.991. The summed E-state index contributed by atoms with van der Waals surface area (Å²) in [6.45, 7) is 11.4. The molecule has 2 aromatic rings. The minimum absolute atomic E-state index is 0.0120. The van der Waals surface area contributed by atoms with Crippen LogP contribution in [-0.4, -0.2) is 52.6 Å². The molecule has 3 rings (SSSR count). The Hall–Kier alpha value is -3.89. The van der Waals surface area contributed by atoms with Crippen LogP contribution in [0, 0.1) is 10.1 Å². The Balaban J connectivity index is 1.92. The van der Waals surface area contributed by atoms with Gasteiger partial charge >= 0.3 is 17.9 Å². The minimum atomic E-state index is -0.815. The summed E-state index contributed by atoms with van der Waals surface area (Å²) in [6, 6.07) is 12.1. The number of nitrogens with zero attached hydrogens (tertiary/aromatic N) is 4. The lowest BCUT2D eigenvalue weighted by Gasteiger charge is -2.37. The van der Waals surface area contributed by atoms with E-state index < -0.39 is 28.4 Å². The van der Waals surface area contributed by atoms with Gasteiger partial charge in [-0.2, -0.15) is 0 Å². The number of nitro groups is 1. The molecule has 1 fully saturated rings. The van der Waals surface area contributed by atoms with Crippen molar-refractivity contribution in [3.8, 4) is 0 Å². The van der Waals surface area contributed by atoms with Crippen molar-refractivity contribution in [2.24, 2.45) is 0 Å². The Morgan fingerprint density at radius 1 is 1.02 bits per heavy atom. The number of pyridine rings is 1. The molecule has 0 aliphatic carbocycles. The minimum Gasteiger partial charge on any atom is -0.443 e. The number of carbonyl (C=O) groups is 2. The van der Waals surface area contributed by atoms with Crippen molar-refractivity contribution in [3.63, 3.8) is 0 Å². The number of aromatic nitrogens is 1. The van der Waals surface area contributed by atoms with Crippen LogP contribution in [0.25, 0.3) is 0 Å². The van der Waals surface area contributed by atoms with Crippen molar-refractivity contribution in [3.05, 3.63) is 58.1 Å². The molecule has 1 aromatic carbocycles. The second kappa shape index (κ2) is 13.0. The summed E-state index contributed by atoms with van der Waals surface area (Å²) in [7, 11) is 0. The molecule has 0 bridgehead atoms. The van der Waals surface area contributed by atoms with Gasteiger partial charge in [0.05, 0.1) is 18.1 Å². The van der Waals surface area contributed by atoms with Gasteiger partial charge in [-0.1, -0.05) is 30.3 Å². The number of amides is 1. The molecule has 2 heterocycles. The lowest BCUT2D eigenvalue weighted by Crippen LogP contribution is -2.42. The van der Waals surface area contributed by atoms with Gasteiger partial charge in [-0.3, -0.25) is 15.0 Å². The molecule has 40 heavy (non-hydrogen) atoms. The Labute approximate surface area is 235 Å². The fraction of sp³-hybridized carbons (Fsp3) is 0.552. The van der Waals surface area contributed by atoms with Crippen molar-refractivity contribution in [2.45, 2.75) is 91.0 Å². The van der Waals surface area contributed by atoms with E-state index in [1.54, 1.807) is 47.6 Å². The maximum absolute atomic E-state index is 13.4. The second-order valence-electron chi connectivity index (χ2n) is 11.8. The molecule has 1 aliphatic heterocycles. The summed E-state index contributed by atoms with van der Waals surface area (Å²) in [4.78, 5) is 44.8. The topological polar surface area (TPSA) is 124 Å². The number of benzene rings is 1. The first-order chi connectivity index (χ1) is 18.7. The lowest BCUT2D eigenvalue weighted by atomic mass is 9.99. The highest BCUT2D eigenvalue weighted by Crippen LogP contribution is 2.34. The van der Waals surface area contributed by atoms with Gasteiger partial charge in [-0.25, -0.2) is 14.6 Å². The third-order valence-corrected chi connectivity index (χ3v) is 6.07. The van der Waals surface area contributed by atoms with Gasteiger partial charge in [0.15, 0.2) is 0 Å². The van der Waals surface area contributed by atoms with E-state index in [9.17, 15) is 19.7 Å². The largest absolute Gasteiger partial charge is 0.508 e. The predicted octanol–water partition coefficient (Wildman–Crippen LogP) is 6.63. The highest BCUT2D eigenvalue weighted by atomic mass is 16.7. The third kappa shape index (κ3) is 9.10. The highest BCUT2D eigenvalue weighted by molar-refractivity contribution is 5.89. The van der Waals surface area contributed by atoms with E-state index in [2.05, 4.69) is 9.88 Å². The molecule has 11 heteroatoms. The smallest absolute Gasteiger partial charge is 0.443 e. The van der Waals surface area contributed by atoms with Crippen molar-refractivity contribution in [1.82, 2.24) is 4.98 Å². The van der Waals surface area contributed by atoms with E-state index in [1.165, 1.54) is 11.0 Å². The SMILES string of the molecule is CC(C)(C)OC(=O)OCCC1CCCCN1c1ccc([N+](=O)[O-])c(N(Cc2ccccc2)C(=O)OC(C)(C)C)n1. The molecule has 1 atom stereocenters. The predicted molar refractivity (Wildman–Crippen MR) is 152 cm³/mol. The van der Waals surface area contributed by atoms with Crippen LogP contribution < -0.4 is 9.80 Å². The van der Waals surface area contributed by atoms with E-state index in [4.69, 9.17) is 14.2 Å². The number of piperidine rings is 1. The molecule has 11 nitrogen and oxygen atoms in total. The fourth-order valence-corrected chi connectivity index (χ4v) is 4.40. The monoisotopic (exact) mass is 556 g/mol. The molecular formula is C29H40N4O7. The molecule has 218 valence electrons. The molecule has 1 unspecified atom stereocenters. The van der Waals surface area contributed by atoms with Crippen LogP contribution in [0.5, 0.6) is 0 Å². The van der Waals surface area contributed by atoms with Gasteiger partial charge in [0, 0.05) is 25.1 Å². The van der Waals surface area contributed by atoms with E-state index in [1.807, 2.05) is 30.3 Å². The summed E-state index contributed by atoms with van der Waals surface area (Å²) >= 11 is 0. The number of anilines is 2. The third-order valence-electron chi connectivity index (χ3n) is 6.07. The second-order valence-corrected chi connectivity index (χ2v) is 11.8. The quantitative estimate of drug-likeness (QED) is 0.200. The maximum atomic E-state index is 13.4. The number of rotatable bonds is 8. The van der Waals surface area contributed by atoms with Crippen LogP contribution in [0.4, 0.5) is 26.9 Å². The van der Waals surface area contributed by atoms with Crippen LogP contribution in [0.2, 0.25) is 0 Å². The molecule has 0 N–H and O–H groups in total. The van der Waals surface area contributed by atoms with Crippen LogP contribution in [0.1, 0.15) is 72.8 Å².